The van der Waals surface area contributed by atoms with Crippen molar-refractivity contribution in [3.05, 3.63) is 71.2 Å². The van der Waals surface area contributed by atoms with Crippen molar-refractivity contribution < 1.29 is 4.79 Å². The zero-order chi connectivity index (χ0) is 17.9. The number of amides is 1. The monoisotopic (exact) mass is 379 g/mol. The molecule has 130 valence electrons. The Hall–Kier alpha value is -2.44. The zero-order valence-electron chi connectivity index (χ0n) is 14.3. The molecule has 2 heterocycles. The fourth-order valence-corrected chi connectivity index (χ4v) is 4.33. The minimum atomic E-state index is -0.140. The summed E-state index contributed by atoms with van der Waals surface area (Å²) in [5.41, 5.74) is 3.49. The molecule has 0 atom stereocenters. The second-order valence-corrected chi connectivity index (χ2v) is 7.81. The van der Waals surface area contributed by atoms with E-state index in [1.807, 2.05) is 47.8 Å². The quantitative estimate of drug-likeness (QED) is 0.652. The smallest absolute Gasteiger partial charge is 0.266 e. The van der Waals surface area contributed by atoms with E-state index in [9.17, 15) is 4.79 Å². The molecule has 0 bridgehead atoms. The van der Waals surface area contributed by atoms with Gasteiger partial charge in [-0.2, -0.15) is 0 Å². The Balaban J connectivity index is 1.67. The van der Waals surface area contributed by atoms with Gasteiger partial charge < -0.3 is 0 Å². The summed E-state index contributed by atoms with van der Waals surface area (Å²) in [6, 6.07) is 17.8. The van der Waals surface area contributed by atoms with Gasteiger partial charge in [-0.1, -0.05) is 59.8 Å². The molecule has 0 saturated carbocycles. The maximum atomic E-state index is 13.2. The number of anilines is 1. The molecule has 4 nitrogen and oxygen atoms in total. The molecular formula is C20H17N3OS2. The van der Waals surface area contributed by atoms with E-state index in [0.29, 0.717) is 5.69 Å². The summed E-state index contributed by atoms with van der Waals surface area (Å²) in [5.74, 6) is 0.761. The number of aryl methyl sites for hydroxylation is 1. The average Bonchev–Trinajstić information content (AvgIpc) is 3.36. The summed E-state index contributed by atoms with van der Waals surface area (Å²) in [4.78, 5) is 24.0. The van der Waals surface area contributed by atoms with Crippen molar-refractivity contribution in [2.24, 2.45) is 4.99 Å². The third-order valence-electron chi connectivity index (χ3n) is 4.00. The zero-order valence-corrected chi connectivity index (χ0v) is 15.9. The highest BCUT2D eigenvalue weighted by Crippen LogP contribution is 2.28. The van der Waals surface area contributed by atoms with Crippen LogP contribution >= 0.6 is 23.1 Å². The lowest BCUT2D eigenvalue weighted by molar-refractivity contribution is 0.0999. The number of rotatable bonds is 3. The van der Waals surface area contributed by atoms with Gasteiger partial charge in [-0.25, -0.2) is 4.98 Å². The second-order valence-electron chi connectivity index (χ2n) is 5.89. The molecule has 0 fully saturated rings. The summed E-state index contributed by atoms with van der Waals surface area (Å²) in [6.07, 6.45) is 0. The number of aliphatic imine (C=N–C) groups is 1. The number of nitrogens with zero attached hydrogens (tertiary/aromatic N) is 3. The molecule has 1 amide bonds. The first kappa shape index (κ1) is 17.0. The highest BCUT2D eigenvalue weighted by Gasteiger charge is 2.27. The van der Waals surface area contributed by atoms with E-state index in [1.54, 1.807) is 16.7 Å². The Labute approximate surface area is 160 Å². The lowest BCUT2D eigenvalue weighted by atomic mass is 10.2. The number of hydrogen-bond acceptors (Lipinski definition) is 5. The number of para-hydroxylation sites is 1. The molecule has 4 rings (SSSR count). The molecule has 0 unspecified atom stereocenters. The number of carbonyl (C=O) groups excluding carboxylic acids is 1. The molecule has 1 aliphatic heterocycles. The summed E-state index contributed by atoms with van der Waals surface area (Å²) in [7, 11) is 0. The first-order valence-corrected chi connectivity index (χ1v) is 10.2. The highest BCUT2D eigenvalue weighted by atomic mass is 32.2. The number of carbonyl (C=O) groups is 1. The third kappa shape index (κ3) is 3.43. The summed E-state index contributed by atoms with van der Waals surface area (Å²) in [5, 5.41) is 3.42. The predicted molar refractivity (Wildman–Crippen MR) is 110 cm³/mol. The van der Waals surface area contributed by atoms with Gasteiger partial charge in [0.25, 0.3) is 5.91 Å². The van der Waals surface area contributed by atoms with E-state index in [4.69, 9.17) is 0 Å². The Morgan fingerprint density at radius 3 is 2.54 bits per heavy atom. The van der Waals surface area contributed by atoms with Crippen molar-refractivity contribution in [2.45, 2.75) is 6.92 Å². The van der Waals surface area contributed by atoms with Crippen molar-refractivity contribution in [3.63, 3.8) is 0 Å². The van der Waals surface area contributed by atoms with Crippen molar-refractivity contribution in [1.82, 2.24) is 4.98 Å². The van der Waals surface area contributed by atoms with Gasteiger partial charge in [-0.15, -0.1) is 11.3 Å². The molecule has 1 aromatic heterocycles. The highest BCUT2D eigenvalue weighted by molar-refractivity contribution is 8.14. The SMILES string of the molecule is Cc1ccc(-c2nc(C(=O)N(C3=NCCS3)c3ccccc3)cs2)cc1. The molecule has 0 radical (unpaired) electrons. The number of benzene rings is 2. The predicted octanol–water partition coefficient (Wildman–Crippen LogP) is 4.87. The molecule has 26 heavy (non-hydrogen) atoms. The summed E-state index contributed by atoms with van der Waals surface area (Å²) < 4.78 is 0. The number of thiazole rings is 1. The maximum Gasteiger partial charge on any atom is 0.283 e. The van der Waals surface area contributed by atoms with Gasteiger partial charge in [0.2, 0.25) is 0 Å². The molecule has 6 heteroatoms. The van der Waals surface area contributed by atoms with Crippen molar-refractivity contribution >= 4 is 39.9 Å². The van der Waals surface area contributed by atoms with Gasteiger partial charge in [0, 0.05) is 16.7 Å². The van der Waals surface area contributed by atoms with Crippen LogP contribution in [-0.2, 0) is 0 Å². The number of hydrogen-bond donors (Lipinski definition) is 0. The van der Waals surface area contributed by atoms with Crippen LogP contribution in [0.3, 0.4) is 0 Å². The van der Waals surface area contributed by atoms with E-state index >= 15 is 0 Å². The standard InChI is InChI=1S/C20H17N3OS2/c1-14-7-9-15(10-8-14)18-22-17(13-26-18)19(24)23(20-21-11-12-25-20)16-5-3-2-4-6-16/h2-10,13H,11-12H2,1H3. The first-order chi connectivity index (χ1) is 12.7. The van der Waals surface area contributed by atoms with Crippen LogP contribution in [0.25, 0.3) is 10.6 Å². The van der Waals surface area contributed by atoms with Crippen molar-refractivity contribution in [3.8, 4) is 10.6 Å². The largest absolute Gasteiger partial charge is 0.283 e. The van der Waals surface area contributed by atoms with Gasteiger partial charge in [0.05, 0.1) is 12.2 Å². The molecule has 0 saturated heterocycles. The molecule has 0 N–H and O–H groups in total. The van der Waals surface area contributed by atoms with E-state index in [1.165, 1.54) is 16.9 Å². The van der Waals surface area contributed by atoms with Crippen LogP contribution in [0, 0.1) is 6.92 Å². The van der Waals surface area contributed by atoms with Crippen LogP contribution in [0.1, 0.15) is 16.1 Å². The van der Waals surface area contributed by atoms with Gasteiger partial charge in [0.15, 0.2) is 5.17 Å². The van der Waals surface area contributed by atoms with E-state index in [0.717, 1.165) is 33.7 Å². The van der Waals surface area contributed by atoms with E-state index in [-0.39, 0.29) is 5.91 Å². The second kappa shape index (κ2) is 7.43. The van der Waals surface area contributed by atoms with Crippen LogP contribution in [0.2, 0.25) is 0 Å². The van der Waals surface area contributed by atoms with Crippen molar-refractivity contribution in [1.29, 1.82) is 0 Å². The lowest BCUT2D eigenvalue weighted by Gasteiger charge is -2.21. The van der Waals surface area contributed by atoms with Crippen LogP contribution < -0.4 is 4.90 Å². The van der Waals surface area contributed by atoms with E-state index in [2.05, 4.69) is 29.0 Å². The molecule has 2 aromatic carbocycles. The summed E-state index contributed by atoms with van der Waals surface area (Å²) in [6.45, 7) is 2.79. The Morgan fingerprint density at radius 1 is 1.08 bits per heavy atom. The Bertz CT molecular complexity index is 949. The molecule has 0 aliphatic carbocycles. The van der Waals surface area contributed by atoms with Crippen LogP contribution in [0.5, 0.6) is 0 Å². The fraction of sp³-hybridized carbons (Fsp3) is 0.150. The molecule has 3 aromatic rings. The molecule has 0 spiro atoms. The van der Waals surface area contributed by atoms with Gasteiger partial charge in [-0.3, -0.25) is 14.7 Å². The van der Waals surface area contributed by atoms with Gasteiger partial charge >= 0.3 is 0 Å². The Morgan fingerprint density at radius 2 is 1.85 bits per heavy atom. The van der Waals surface area contributed by atoms with Gasteiger partial charge in [-0.05, 0) is 19.1 Å². The Kier molecular flexibility index (Phi) is 4.86. The lowest BCUT2D eigenvalue weighted by Crippen LogP contribution is -2.34. The van der Waals surface area contributed by atoms with Crippen molar-refractivity contribution in [2.75, 3.05) is 17.2 Å². The molecular weight excluding hydrogens is 362 g/mol. The van der Waals surface area contributed by atoms with Crippen LogP contribution in [0.15, 0.2) is 65.0 Å². The molecule has 1 aliphatic rings. The number of aromatic nitrogens is 1. The van der Waals surface area contributed by atoms with Gasteiger partial charge in [0.1, 0.15) is 10.7 Å². The fourth-order valence-electron chi connectivity index (χ4n) is 2.67. The summed E-state index contributed by atoms with van der Waals surface area (Å²) >= 11 is 3.09. The third-order valence-corrected chi connectivity index (χ3v) is 5.85. The first-order valence-electron chi connectivity index (χ1n) is 8.32. The van der Waals surface area contributed by atoms with Crippen LogP contribution in [-0.4, -0.2) is 28.4 Å². The number of amidine groups is 1. The number of thioether (sulfide) groups is 1. The van der Waals surface area contributed by atoms with Crippen LogP contribution in [0.4, 0.5) is 5.69 Å². The minimum absolute atomic E-state index is 0.140. The minimum Gasteiger partial charge on any atom is -0.266 e. The van der Waals surface area contributed by atoms with E-state index < -0.39 is 0 Å². The maximum absolute atomic E-state index is 13.2. The normalized spacial score (nSPS) is 13.5. The average molecular weight is 380 g/mol. The topological polar surface area (TPSA) is 45.6 Å².